The van der Waals surface area contributed by atoms with Crippen LogP contribution in [-0.4, -0.2) is 30.7 Å². The Labute approximate surface area is 97.4 Å². The number of hydrogen-bond donors (Lipinski definition) is 2. The zero-order valence-electron chi connectivity index (χ0n) is 10.2. The van der Waals surface area contributed by atoms with Crippen LogP contribution >= 0.6 is 0 Å². The van der Waals surface area contributed by atoms with E-state index < -0.39 is 12.5 Å². The number of hydrogen-bond acceptors (Lipinski definition) is 2. The lowest BCUT2D eigenvalue weighted by Gasteiger charge is -2.10. The molecule has 0 aromatic rings. The van der Waals surface area contributed by atoms with Crippen LogP contribution in [0.5, 0.6) is 0 Å². The van der Waals surface area contributed by atoms with Crippen molar-refractivity contribution in [2.24, 2.45) is 0 Å². The summed E-state index contributed by atoms with van der Waals surface area (Å²) in [5.41, 5.74) is 0. The molecule has 0 saturated carbocycles. The molecule has 0 rings (SSSR count). The molecule has 0 amide bonds. The number of unbranched alkanes of at least 4 members (excludes halogenated alkanes) is 6. The Balaban J connectivity index is 3.04. The maximum Gasteiger partial charge on any atom is 0.265 e. The fraction of sp³-hybridized carbons (Fsp3) is 1.00. The monoisotopic (exact) mass is 237 g/mol. The number of rotatable bonds is 11. The third kappa shape index (κ3) is 10.3. The Morgan fingerprint density at radius 2 is 1.56 bits per heavy atom. The molecule has 0 spiro atoms. The zero-order valence-corrected chi connectivity index (χ0v) is 10.2. The smallest absolute Gasteiger partial charge is 0.265 e. The SMILES string of the molecule is CCCCCCCCCNCC(O)C(F)F. The van der Waals surface area contributed by atoms with Crippen LogP contribution in [0.1, 0.15) is 51.9 Å². The zero-order chi connectivity index (χ0) is 12.2. The predicted molar refractivity (Wildman–Crippen MR) is 62.9 cm³/mol. The fourth-order valence-corrected chi connectivity index (χ4v) is 1.55. The highest BCUT2D eigenvalue weighted by atomic mass is 19.3. The van der Waals surface area contributed by atoms with Gasteiger partial charge in [0.1, 0.15) is 6.10 Å². The fourth-order valence-electron chi connectivity index (χ4n) is 1.55. The second-order valence-corrected chi connectivity index (χ2v) is 4.23. The van der Waals surface area contributed by atoms with Gasteiger partial charge in [0.05, 0.1) is 0 Å². The van der Waals surface area contributed by atoms with E-state index in [0.717, 1.165) is 19.4 Å². The van der Waals surface area contributed by atoms with Gasteiger partial charge in [-0.1, -0.05) is 45.4 Å². The number of nitrogens with one attached hydrogen (secondary N) is 1. The van der Waals surface area contributed by atoms with Gasteiger partial charge in [0.25, 0.3) is 6.43 Å². The summed E-state index contributed by atoms with van der Waals surface area (Å²) in [5, 5.41) is 11.7. The maximum absolute atomic E-state index is 11.9. The molecule has 0 aliphatic rings. The first-order valence-corrected chi connectivity index (χ1v) is 6.35. The first-order chi connectivity index (χ1) is 7.68. The van der Waals surface area contributed by atoms with Gasteiger partial charge in [-0.05, 0) is 13.0 Å². The number of aliphatic hydroxyl groups excluding tert-OH is 1. The van der Waals surface area contributed by atoms with Gasteiger partial charge < -0.3 is 10.4 Å². The van der Waals surface area contributed by atoms with Crippen molar-refractivity contribution in [3.8, 4) is 0 Å². The van der Waals surface area contributed by atoms with Crippen LogP contribution in [0.3, 0.4) is 0 Å². The summed E-state index contributed by atoms with van der Waals surface area (Å²) in [6.07, 6.45) is 4.34. The van der Waals surface area contributed by atoms with Crippen molar-refractivity contribution in [1.29, 1.82) is 0 Å². The highest BCUT2D eigenvalue weighted by molar-refractivity contribution is 4.61. The van der Waals surface area contributed by atoms with Gasteiger partial charge in [0.2, 0.25) is 0 Å². The van der Waals surface area contributed by atoms with Gasteiger partial charge in [0.15, 0.2) is 0 Å². The lowest BCUT2D eigenvalue weighted by Crippen LogP contribution is -2.32. The van der Waals surface area contributed by atoms with Crippen molar-refractivity contribution < 1.29 is 13.9 Å². The molecular weight excluding hydrogens is 212 g/mol. The van der Waals surface area contributed by atoms with Crippen molar-refractivity contribution in [1.82, 2.24) is 5.32 Å². The highest BCUT2D eigenvalue weighted by Gasteiger charge is 2.15. The van der Waals surface area contributed by atoms with Gasteiger partial charge in [-0.25, -0.2) is 8.78 Å². The van der Waals surface area contributed by atoms with Gasteiger partial charge >= 0.3 is 0 Å². The van der Waals surface area contributed by atoms with E-state index in [2.05, 4.69) is 12.2 Å². The molecule has 0 radical (unpaired) electrons. The standard InChI is InChI=1S/C12H25F2NO/c1-2-3-4-5-6-7-8-9-15-10-11(16)12(13)14/h11-12,15-16H,2-10H2,1H3. The molecule has 0 aliphatic heterocycles. The van der Waals surface area contributed by atoms with Crippen molar-refractivity contribution in [2.75, 3.05) is 13.1 Å². The minimum absolute atomic E-state index is 0.00645. The molecule has 1 atom stereocenters. The topological polar surface area (TPSA) is 32.3 Å². The largest absolute Gasteiger partial charge is 0.386 e. The third-order valence-electron chi connectivity index (χ3n) is 2.60. The third-order valence-corrected chi connectivity index (χ3v) is 2.60. The Morgan fingerprint density at radius 3 is 2.12 bits per heavy atom. The summed E-state index contributed by atoms with van der Waals surface area (Å²) in [6, 6.07) is 0. The van der Waals surface area contributed by atoms with E-state index in [4.69, 9.17) is 5.11 Å². The second-order valence-electron chi connectivity index (χ2n) is 4.23. The minimum Gasteiger partial charge on any atom is -0.386 e. The normalized spacial score (nSPS) is 13.3. The quantitative estimate of drug-likeness (QED) is 0.541. The maximum atomic E-state index is 11.9. The van der Waals surface area contributed by atoms with Crippen LogP contribution < -0.4 is 5.32 Å². The molecule has 2 N–H and O–H groups in total. The average Bonchev–Trinajstić information content (AvgIpc) is 2.26. The molecule has 0 heterocycles. The van der Waals surface area contributed by atoms with Crippen LogP contribution in [0.2, 0.25) is 0 Å². The molecule has 4 heteroatoms. The van der Waals surface area contributed by atoms with Crippen LogP contribution in [0.4, 0.5) is 8.78 Å². The van der Waals surface area contributed by atoms with E-state index in [0.29, 0.717) is 0 Å². The van der Waals surface area contributed by atoms with Gasteiger partial charge in [-0.2, -0.15) is 0 Å². The number of halogens is 2. The summed E-state index contributed by atoms with van der Waals surface area (Å²) in [4.78, 5) is 0. The van der Waals surface area contributed by atoms with E-state index in [1.165, 1.54) is 32.1 Å². The average molecular weight is 237 g/mol. The summed E-state index contributed by atoms with van der Waals surface area (Å²) in [6.45, 7) is 2.91. The number of alkyl halides is 2. The van der Waals surface area contributed by atoms with Gasteiger partial charge in [-0.3, -0.25) is 0 Å². The summed E-state index contributed by atoms with van der Waals surface area (Å²) < 4.78 is 23.8. The molecule has 98 valence electrons. The van der Waals surface area contributed by atoms with Crippen LogP contribution in [-0.2, 0) is 0 Å². The molecule has 0 aromatic carbocycles. The summed E-state index contributed by atoms with van der Waals surface area (Å²) >= 11 is 0. The lowest BCUT2D eigenvalue weighted by molar-refractivity contribution is -0.00317. The molecule has 0 aliphatic carbocycles. The molecule has 0 saturated heterocycles. The molecule has 0 bridgehead atoms. The van der Waals surface area contributed by atoms with Crippen molar-refractivity contribution in [3.63, 3.8) is 0 Å². The molecule has 1 unspecified atom stereocenters. The number of aliphatic hydroxyl groups is 1. The Bertz CT molecular complexity index is 145. The Morgan fingerprint density at radius 1 is 1.00 bits per heavy atom. The molecule has 0 aromatic heterocycles. The van der Waals surface area contributed by atoms with Gasteiger partial charge in [0, 0.05) is 6.54 Å². The first-order valence-electron chi connectivity index (χ1n) is 6.35. The molecule has 0 fully saturated rings. The van der Waals surface area contributed by atoms with Crippen LogP contribution in [0, 0.1) is 0 Å². The summed E-state index contributed by atoms with van der Waals surface area (Å²) in [5.74, 6) is 0. The van der Waals surface area contributed by atoms with Crippen molar-refractivity contribution in [2.45, 2.75) is 64.4 Å². The van der Waals surface area contributed by atoms with E-state index in [9.17, 15) is 8.78 Å². The van der Waals surface area contributed by atoms with Crippen molar-refractivity contribution >= 4 is 0 Å². The first kappa shape index (κ1) is 15.8. The molecule has 2 nitrogen and oxygen atoms in total. The van der Waals surface area contributed by atoms with E-state index in [1.807, 2.05) is 0 Å². The molecule has 16 heavy (non-hydrogen) atoms. The van der Waals surface area contributed by atoms with Gasteiger partial charge in [-0.15, -0.1) is 0 Å². The van der Waals surface area contributed by atoms with E-state index >= 15 is 0 Å². The summed E-state index contributed by atoms with van der Waals surface area (Å²) in [7, 11) is 0. The van der Waals surface area contributed by atoms with Crippen LogP contribution in [0.15, 0.2) is 0 Å². The van der Waals surface area contributed by atoms with E-state index in [1.54, 1.807) is 0 Å². The Hall–Kier alpha value is -0.220. The lowest BCUT2D eigenvalue weighted by atomic mass is 10.1. The molecular formula is C12H25F2NO. The van der Waals surface area contributed by atoms with Crippen molar-refractivity contribution in [3.05, 3.63) is 0 Å². The van der Waals surface area contributed by atoms with E-state index in [-0.39, 0.29) is 6.54 Å². The Kier molecular flexibility index (Phi) is 11.1. The second kappa shape index (κ2) is 11.3. The van der Waals surface area contributed by atoms with Crippen LogP contribution in [0.25, 0.3) is 0 Å². The predicted octanol–water partition coefficient (Wildman–Crippen LogP) is 2.95. The minimum atomic E-state index is -2.64. The highest BCUT2D eigenvalue weighted by Crippen LogP contribution is 2.06.